The number of carboxylic acids is 1. The molecule has 0 aliphatic carbocycles. The molecule has 2 heterocycles. The summed E-state index contributed by atoms with van der Waals surface area (Å²) in [4.78, 5) is 26.9. The highest BCUT2D eigenvalue weighted by atomic mass is 32.1. The van der Waals surface area contributed by atoms with Gasteiger partial charge in [0.1, 0.15) is 12.2 Å². The first kappa shape index (κ1) is 14.3. The highest BCUT2D eigenvalue weighted by Crippen LogP contribution is 2.07. The van der Waals surface area contributed by atoms with Crippen molar-refractivity contribution in [1.29, 1.82) is 0 Å². The van der Waals surface area contributed by atoms with Gasteiger partial charge in [0.25, 0.3) is 0 Å². The van der Waals surface area contributed by atoms with Gasteiger partial charge in [-0.3, -0.25) is 4.79 Å². The third kappa shape index (κ3) is 3.67. The maximum Gasteiger partial charge on any atom is 0.352 e. The second kappa shape index (κ2) is 6.33. The lowest BCUT2D eigenvalue weighted by molar-refractivity contribution is -0.121. The molecule has 6 nitrogen and oxygen atoms in total. The van der Waals surface area contributed by atoms with Crippen molar-refractivity contribution in [1.82, 2.24) is 14.9 Å². The van der Waals surface area contributed by atoms with Gasteiger partial charge in [0, 0.05) is 24.5 Å². The van der Waals surface area contributed by atoms with E-state index in [1.54, 1.807) is 23.6 Å². The molecule has 0 bridgehead atoms. The molecule has 0 aliphatic rings. The van der Waals surface area contributed by atoms with Gasteiger partial charge in [0.05, 0.1) is 10.7 Å². The molecule has 2 aromatic heterocycles. The summed E-state index contributed by atoms with van der Waals surface area (Å²) in [5.41, 5.74) is 1.07. The van der Waals surface area contributed by atoms with Crippen molar-refractivity contribution in [3.63, 3.8) is 0 Å². The van der Waals surface area contributed by atoms with Crippen LogP contribution >= 0.6 is 11.3 Å². The molecular formula is C13H15N3O3S. The molecule has 0 aromatic carbocycles. The topological polar surface area (TPSA) is 84.2 Å². The minimum atomic E-state index is -1.04. The lowest BCUT2D eigenvalue weighted by atomic mass is 10.3. The van der Waals surface area contributed by atoms with Crippen molar-refractivity contribution < 1.29 is 14.7 Å². The predicted molar refractivity (Wildman–Crippen MR) is 75.0 cm³/mol. The Morgan fingerprint density at radius 2 is 2.30 bits per heavy atom. The quantitative estimate of drug-likeness (QED) is 0.841. The number of rotatable bonds is 6. The van der Waals surface area contributed by atoms with Gasteiger partial charge in [-0.05, 0) is 19.1 Å². The standard InChI is InChI=1S/C13H15N3O3S/c1-9-15-10(8-20-9)4-5-14-12(17)7-16-6-2-3-11(16)13(18)19/h2-3,6,8H,4-5,7H2,1H3,(H,14,17)(H,18,19). The summed E-state index contributed by atoms with van der Waals surface area (Å²) in [5.74, 6) is -1.25. The number of carbonyl (C=O) groups excluding carboxylic acids is 1. The van der Waals surface area contributed by atoms with Crippen molar-refractivity contribution in [3.05, 3.63) is 40.1 Å². The summed E-state index contributed by atoms with van der Waals surface area (Å²) in [5, 5.41) is 14.7. The van der Waals surface area contributed by atoms with Crippen LogP contribution in [0.25, 0.3) is 0 Å². The van der Waals surface area contributed by atoms with Crippen LogP contribution in [-0.4, -0.2) is 33.1 Å². The Bertz CT molecular complexity index is 618. The van der Waals surface area contributed by atoms with Crippen LogP contribution in [0.4, 0.5) is 0 Å². The zero-order valence-electron chi connectivity index (χ0n) is 11.0. The molecule has 2 aromatic rings. The number of amides is 1. The van der Waals surface area contributed by atoms with Crippen LogP contribution in [0.3, 0.4) is 0 Å². The Morgan fingerprint density at radius 1 is 1.50 bits per heavy atom. The van der Waals surface area contributed by atoms with Gasteiger partial charge in [-0.2, -0.15) is 0 Å². The van der Waals surface area contributed by atoms with E-state index in [0.717, 1.165) is 10.7 Å². The molecule has 0 unspecified atom stereocenters. The zero-order valence-corrected chi connectivity index (χ0v) is 11.8. The molecular weight excluding hydrogens is 278 g/mol. The molecule has 106 valence electrons. The Morgan fingerprint density at radius 3 is 2.95 bits per heavy atom. The van der Waals surface area contributed by atoms with Gasteiger partial charge in [-0.15, -0.1) is 11.3 Å². The molecule has 0 atom stereocenters. The number of thiazole rings is 1. The van der Waals surface area contributed by atoms with E-state index in [4.69, 9.17) is 5.11 Å². The molecule has 2 N–H and O–H groups in total. The van der Waals surface area contributed by atoms with Crippen LogP contribution in [0.2, 0.25) is 0 Å². The van der Waals surface area contributed by atoms with E-state index in [0.29, 0.717) is 13.0 Å². The first-order valence-corrected chi connectivity index (χ1v) is 7.00. The number of carbonyl (C=O) groups is 2. The molecule has 0 fully saturated rings. The van der Waals surface area contributed by atoms with Gasteiger partial charge >= 0.3 is 5.97 Å². The van der Waals surface area contributed by atoms with Crippen LogP contribution in [0.15, 0.2) is 23.7 Å². The fourth-order valence-electron chi connectivity index (χ4n) is 1.81. The second-order valence-corrected chi connectivity index (χ2v) is 5.35. The molecule has 20 heavy (non-hydrogen) atoms. The van der Waals surface area contributed by atoms with Crippen LogP contribution in [-0.2, 0) is 17.8 Å². The SMILES string of the molecule is Cc1nc(CCNC(=O)Cn2cccc2C(=O)O)cs1. The van der Waals surface area contributed by atoms with Crippen LogP contribution in [0, 0.1) is 6.92 Å². The Labute approximate surface area is 120 Å². The molecule has 0 spiro atoms. The fraction of sp³-hybridized carbons (Fsp3) is 0.308. The summed E-state index contributed by atoms with van der Waals surface area (Å²) in [6.45, 7) is 2.43. The van der Waals surface area contributed by atoms with Gasteiger partial charge < -0.3 is 15.0 Å². The van der Waals surface area contributed by atoms with E-state index in [1.165, 1.54) is 10.6 Å². The van der Waals surface area contributed by atoms with E-state index in [9.17, 15) is 9.59 Å². The van der Waals surface area contributed by atoms with Crippen molar-refractivity contribution in [3.8, 4) is 0 Å². The van der Waals surface area contributed by atoms with Gasteiger partial charge in [0.15, 0.2) is 0 Å². The Hall–Kier alpha value is -2.15. The zero-order chi connectivity index (χ0) is 14.5. The highest BCUT2D eigenvalue weighted by molar-refractivity contribution is 7.09. The number of nitrogens with zero attached hydrogens (tertiary/aromatic N) is 2. The lowest BCUT2D eigenvalue weighted by Gasteiger charge is -2.07. The van der Waals surface area contributed by atoms with Gasteiger partial charge in [0.2, 0.25) is 5.91 Å². The predicted octanol–water partition coefficient (Wildman–Crippen LogP) is 1.31. The smallest absolute Gasteiger partial charge is 0.352 e. The first-order chi connectivity index (χ1) is 9.56. The van der Waals surface area contributed by atoms with E-state index in [1.807, 2.05) is 12.3 Å². The molecule has 0 aliphatic heterocycles. The third-order valence-electron chi connectivity index (χ3n) is 2.73. The summed E-state index contributed by atoms with van der Waals surface area (Å²) < 4.78 is 1.41. The van der Waals surface area contributed by atoms with Crippen molar-refractivity contribution in [2.24, 2.45) is 0 Å². The van der Waals surface area contributed by atoms with Crippen molar-refractivity contribution in [2.45, 2.75) is 19.9 Å². The maximum absolute atomic E-state index is 11.7. The van der Waals surface area contributed by atoms with E-state index in [2.05, 4.69) is 10.3 Å². The average molecular weight is 293 g/mol. The summed E-state index contributed by atoms with van der Waals surface area (Å²) in [7, 11) is 0. The van der Waals surface area contributed by atoms with E-state index < -0.39 is 5.97 Å². The first-order valence-electron chi connectivity index (χ1n) is 6.12. The lowest BCUT2D eigenvalue weighted by Crippen LogP contribution is -2.30. The van der Waals surface area contributed by atoms with Crippen LogP contribution in [0.1, 0.15) is 21.2 Å². The van der Waals surface area contributed by atoms with Gasteiger partial charge in [-0.25, -0.2) is 9.78 Å². The Balaban J connectivity index is 1.80. The molecule has 0 saturated heterocycles. The number of carboxylic acid groups (broad SMARTS) is 1. The minimum absolute atomic E-state index is 0.00469. The third-order valence-corrected chi connectivity index (χ3v) is 3.55. The largest absolute Gasteiger partial charge is 0.477 e. The number of nitrogens with one attached hydrogen (secondary N) is 1. The fourth-order valence-corrected chi connectivity index (χ4v) is 2.46. The number of aryl methyl sites for hydroxylation is 1. The van der Waals surface area contributed by atoms with Crippen molar-refractivity contribution >= 4 is 23.2 Å². The van der Waals surface area contributed by atoms with E-state index >= 15 is 0 Å². The van der Waals surface area contributed by atoms with Crippen molar-refractivity contribution in [2.75, 3.05) is 6.54 Å². The maximum atomic E-state index is 11.7. The highest BCUT2D eigenvalue weighted by Gasteiger charge is 2.11. The monoisotopic (exact) mass is 293 g/mol. The van der Waals surface area contributed by atoms with E-state index in [-0.39, 0.29) is 18.1 Å². The van der Waals surface area contributed by atoms with Gasteiger partial charge in [-0.1, -0.05) is 0 Å². The molecule has 7 heteroatoms. The number of aromatic nitrogens is 2. The second-order valence-electron chi connectivity index (χ2n) is 4.28. The molecule has 0 saturated carbocycles. The molecule has 0 radical (unpaired) electrons. The molecule has 1 amide bonds. The molecule has 2 rings (SSSR count). The minimum Gasteiger partial charge on any atom is -0.477 e. The number of hydrogen-bond donors (Lipinski definition) is 2. The summed E-state index contributed by atoms with van der Waals surface area (Å²) in [6, 6.07) is 3.07. The Kier molecular flexibility index (Phi) is 4.52. The normalized spacial score (nSPS) is 10.4. The van der Waals surface area contributed by atoms with Crippen LogP contribution in [0.5, 0.6) is 0 Å². The average Bonchev–Trinajstić information content (AvgIpc) is 2.98. The summed E-state index contributed by atoms with van der Waals surface area (Å²) in [6.07, 6.45) is 2.25. The van der Waals surface area contributed by atoms with Crippen LogP contribution < -0.4 is 5.32 Å². The summed E-state index contributed by atoms with van der Waals surface area (Å²) >= 11 is 1.58. The number of aromatic carboxylic acids is 1. The number of hydrogen-bond acceptors (Lipinski definition) is 4.